The van der Waals surface area contributed by atoms with Crippen LogP contribution in [0.1, 0.15) is 25.8 Å². The molecule has 0 saturated carbocycles. The highest BCUT2D eigenvalue weighted by molar-refractivity contribution is 6.30. The van der Waals surface area contributed by atoms with E-state index in [2.05, 4.69) is 18.7 Å². The van der Waals surface area contributed by atoms with Gasteiger partial charge in [-0.3, -0.25) is 0 Å². The molecule has 1 fully saturated rings. The number of ether oxygens (including phenoxy) is 1. The third kappa shape index (κ3) is 5.17. The van der Waals surface area contributed by atoms with E-state index in [1.807, 2.05) is 25.1 Å². The molecule has 0 spiro atoms. The van der Waals surface area contributed by atoms with Crippen molar-refractivity contribution in [2.45, 2.75) is 33.3 Å². The molecule has 118 valence electrons. The van der Waals surface area contributed by atoms with Gasteiger partial charge in [0.15, 0.2) is 0 Å². The molecule has 1 N–H and O–H groups in total. The van der Waals surface area contributed by atoms with E-state index in [0.29, 0.717) is 30.0 Å². The zero-order valence-corrected chi connectivity index (χ0v) is 13.9. The van der Waals surface area contributed by atoms with Crippen molar-refractivity contribution in [2.75, 3.05) is 26.2 Å². The molecule has 1 saturated heterocycles. The van der Waals surface area contributed by atoms with E-state index in [-0.39, 0.29) is 0 Å². The van der Waals surface area contributed by atoms with Crippen molar-refractivity contribution >= 4 is 11.6 Å². The summed E-state index contributed by atoms with van der Waals surface area (Å²) in [6.07, 6.45) is 0.824. The molecular weight excluding hydrogens is 286 g/mol. The van der Waals surface area contributed by atoms with Crippen LogP contribution in [0, 0.1) is 18.8 Å². The van der Waals surface area contributed by atoms with E-state index in [9.17, 15) is 5.11 Å². The fourth-order valence-electron chi connectivity index (χ4n) is 3.25. The number of hydrogen-bond donors (Lipinski definition) is 1. The summed E-state index contributed by atoms with van der Waals surface area (Å²) in [6, 6.07) is 5.54. The van der Waals surface area contributed by atoms with Gasteiger partial charge in [0.05, 0.1) is 0 Å². The quantitative estimate of drug-likeness (QED) is 0.905. The first kappa shape index (κ1) is 16.6. The van der Waals surface area contributed by atoms with Crippen LogP contribution in [0.2, 0.25) is 5.02 Å². The van der Waals surface area contributed by atoms with Crippen molar-refractivity contribution in [3.8, 4) is 5.75 Å². The minimum atomic E-state index is -0.461. The predicted octanol–water partition coefficient (Wildman–Crippen LogP) is 3.37. The molecule has 0 unspecified atom stereocenters. The summed E-state index contributed by atoms with van der Waals surface area (Å²) in [6.45, 7) is 9.67. The SMILES string of the molecule is Cc1cc(Cl)ccc1OC[C@@H](O)CN1C[C@H](C)C[C@H](C)C1. The number of hydrogen-bond acceptors (Lipinski definition) is 3. The number of halogens is 1. The van der Waals surface area contributed by atoms with Crippen LogP contribution in [0.15, 0.2) is 18.2 Å². The second-order valence-corrected chi connectivity index (χ2v) is 6.98. The number of aliphatic hydroxyl groups excluding tert-OH is 1. The van der Waals surface area contributed by atoms with Gasteiger partial charge in [-0.15, -0.1) is 0 Å². The monoisotopic (exact) mass is 311 g/mol. The van der Waals surface area contributed by atoms with Crippen LogP contribution >= 0.6 is 11.6 Å². The molecule has 4 heteroatoms. The lowest BCUT2D eigenvalue weighted by molar-refractivity contribution is 0.0427. The van der Waals surface area contributed by atoms with Gasteiger partial charge in [-0.05, 0) is 48.9 Å². The van der Waals surface area contributed by atoms with Crippen molar-refractivity contribution in [1.82, 2.24) is 4.90 Å². The Balaban J connectivity index is 1.80. The molecular formula is C17H26ClNO2. The van der Waals surface area contributed by atoms with Crippen LogP contribution in [-0.2, 0) is 0 Å². The molecule has 0 bridgehead atoms. The zero-order valence-electron chi connectivity index (χ0n) is 13.2. The summed E-state index contributed by atoms with van der Waals surface area (Å²) in [5.41, 5.74) is 0.995. The van der Waals surface area contributed by atoms with Gasteiger partial charge in [0.1, 0.15) is 18.5 Å². The van der Waals surface area contributed by atoms with Crippen LogP contribution in [0.25, 0.3) is 0 Å². The first-order chi connectivity index (χ1) is 9.94. The van der Waals surface area contributed by atoms with Crippen LogP contribution in [0.3, 0.4) is 0 Å². The molecule has 1 aliphatic heterocycles. The number of aliphatic hydroxyl groups is 1. The maximum absolute atomic E-state index is 10.2. The number of rotatable bonds is 5. The van der Waals surface area contributed by atoms with Gasteiger partial charge < -0.3 is 14.7 Å². The van der Waals surface area contributed by atoms with Gasteiger partial charge in [-0.1, -0.05) is 25.4 Å². The number of likely N-dealkylation sites (tertiary alicyclic amines) is 1. The molecule has 21 heavy (non-hydrogen) atoms. The van der Waals surface area contributed by atoms with Crippen molar-refractivity contribution in [2.24, 2.45) is 11.8 Å². The lowest BCUT2D eigenvalue weighted by Crippen LogP contribution is -2.44. The van der Waals surface area contributed by atoms with Crippen molar-refractivity contribution < 1.29 is 9.84 Å². The molecule has 1 heterocycles. The Morgan fingerprint density at radius 2 is 2.00 bits per heavy atom. The Morgan fingerprint density at radius 1 is 1.33 bits per heavy atom. The fraction of sp³-hybridized carbons (Fsp3) is 0.647. The molecule has 3 nitrogen and oxygen atoms in total. The average molecular weight is 312 g/mol. The normalized spacial score (nSPS) is 24.8. The van der Waals surface area contributed by atoms with Crippen LogP contribution in [-0.4, -0.2) is 42.4 Å². The molecule has 0 amide bonds. The Kier molecular flexibility index (Phi) is 5.91. The van der Waals surface area contributed by atoms with E-state index in [0.717, 1.165) is 24.4 Å². The summed E-state index contributed by atoms with van der Waals surface area (Å²) >= 11 is 5.92. The highest BCUT2D eigenvalue weighted by atomic mass is 35.5. The minimum Gasteiger partial charge on any atom is -0.491 e. The maximum Gasteiger partial charge on any atom is 0.122 e. The minimum absolute atomic E-state index is 0.321. The van der Waals surface area contributed by atoms with Gasteiger partial charge in [0.2, 0.25) is 0 Å². The molecule has 1 aromatic rings. The number of aryl methyl sites for hydroxylation is 1. The van der Waals surface area contributed by atoms with Gasteiger partial charge >= 0.3 is 0 Å². The topological polar surface area (TPSA) is 32.7 Å². The molecule has 1 aliphatic rings. The Hall–Kier alpha value is -0.770. The number of β-amino-alcohol motifs (C(OH)–C–C–N with tert-alkyl or cyclic N) is 1. The second-order valence-electron chi connectivity index (χ2n) is 6.54. The smallest absolute Gasteiger partial charge is 0.122 e. The van der Waals surface area contributed by atoms with E-state index >= 15 is 0 Å². The largest absolute Gasteiger partial charge is 0.491 e. The Morgan fingerprint density at radius 3 is 2.62 bits per heavy atom. The van der Waals surface area contributed by atoms with Crippen molar-refractivity contribution in [3.05, 3.63) is 28.8 Å². The Labute approximate surface area is 132 Å². The molecule has 0 radical (unpaired) electrons. The van der Waals surface area contributed by atoms with Crippen LogP contribution in [0.5, 0.6) is 5.75 Å². The van der Waals surface area contributed by atoms with E-state index < -0.39 is 6.10 Å². The number of benzene rings is 1. The molecule has 0 aromatic heterocycles. The van der Waals surface area contributed by atoms with E-state index in [1.54, 1.807) is 0 Å². The van der Waals surface area contributed by atoms with E-state index in [1.165, 1.54) is 6.42 Å². The second kappa shape index (κ2) is 7.48. The fourth-order valence-corrected chi connectivity index (χ4v) is 3.48. The third-order valence-electron chi connectivity index (χ3n) is 3.98. The van der Waals surface area contributed by atoms with Crippen molar-refractivity contribution in [1.29, 1.82) is 0 Å². The highest BCUT2D eigenvalue weighted by Gasteiger charge is 2.23. The van der Waals surface area contributed by atoms with Crippen LogP contribution < -0.4 is 4.74 Å². The zero-order chi connectivity index (χ0) is 15.4. The predicted molar refractivity (Wildman–Crippen MR) is 87.1 cm³/mol. The van der Waals surface area contributed by atoms with Gasteiger partial charge in [-0.2, -0.15) is 0 Å². The first-order valence-corrected chi connectivity index (χ1v) is 8.11. The summed E-state index contributed by atoms with van der Waals surface area (Å²) in [4.78, 5) is 2.35. The van der Waals surface area contributed by atoms with Gasteiger partial charge in [-0.25, -0.2) is 0 Å². The molecule has 1 aromatic carbocycles. The Bertz CT molecular complexity index is 456. The van der Waals surface area contributed by atoms with E-state index in [4.69, 9.17) is 16.3 Å². The summed E-state index contributed by atoms with van der Waals surface area (Å²) < 4.78 is 5.71. The molecule has 3 atom stereocenters. The number of nitrogens with zero attached hydrogens (tertiary/aromatic N) is 1. The number of piperidine rings is 1. The van der Waals surface area contributed by atoms with Gasteiger partial charge in [0, 0.05) is 24.7 Å². The maximum atomic E-state index is 10.2. The lowest BCUT2D eigenvalue weighted by Gasteiger charge is -2.35. The lowest BCUT2D eigenvalue weighted by atomic mass is 9.92. The summed E-state index contributed by atoms with van der Waals surface area (Å²) in [5.74, 6) is 2.21. The molecule has 0 aliphatic carbocycles. The summed E-state index contributed by atoms with van der Waals surface area (Å²) in [5, 5.41) is 10.9. The van der Waals surface area contributed by atoms with Crippen molar-refractivity contribution in [3.63, 3.8) is 0 Å². The third-order valence-corrected chi connectivity index (χ3v) is 4.22. The first-order valence-electron chi connectivity index (χ1n) is 7.73. The highest BCUT2D eigenvalue weighted by Crippen LogP contribution is 2.23. The molecule has 2 rings (SSSR count). The summed E-state index contributed by atoms with van der Waals surface area (Å²) in [7, 11) is 0. The van der Waals surface area contributed by atoms with Crippen LogP contribution in [0.4, 0.5) is 0 Å². The standard InChI is InChI=1S/C17H26ClNO2/c1-12-6-13(2)9-19(8-12)10-16(20)11-21-17-5-4-15(18)7-14(17)3/h4-5,7,12-13,16,20H,6,8-11H2,1-3H3/t12-,13+,16-/m0/s1. The van der Waals surface area contributed by atoms with Gasteiger partial charge in [0.25, 0.3) is 0 Å². The average Bonchev–Trinajstić information content (AvgIpc) is 2.36.